The molecule has 0 saturated carbocycles. The number of carbonyl (C=O) groups is 2. The zero-order valence-electron chi connectivity index (χ0n) is 12.0. The molecule has 5 heteroatoms. The molecule has 1 aromatic carbocycles. The summed E-state index contributed by atoms with van der Waals surface area (Å²) >= 11 is 0. The number of hydrogen-bond acceptors (Lipinski definition) is 3. The van der Waals surface area contributed by atoms with E-state index >= 15 is 0 Å². The molecule has 1 aromatic rings. The van der Waals surface area contributed by atoms with Crippen LogP contribution in [0.3, 0.4) is 0 Å². The third kappa shape index (κ3) is 3.81. The monoisotopic (exact) mass is 279 g/mol. The fourth-order valence-electron chi connectivity index (χ4n) is 2.23. The molecular formula is C15H21NO4. The highest BCUT2D eigenvalue weighted by atomic mass is 16.4. The van der Waals surface area contributed by atoms with E-state index in [-0.39, 0.29) is 17.4 Å². The summed E-state index contributed by atoms with van der Waals surface area (Å²) in [7, 11) is 0. The molecule has 0 fully saturated rings. The van der Waals surface area contributed by atoms with Crippen LogP contribution in [0.2, 0.25) is 0 Å². The molecule has 3 N–H and O–H groups in total. The van der Waals surface area contributed by atoms with Crippen molar-refractivity contribution in [3.05, 3.63) is 29.3 Å². The maximum atomic E-state index is 11.2. The van der Waals surface area contributed by atoms with Gasteiger partial charge in [0.25, 0.3) is 0 Å². The molecule has 5 nitrogen and oxygen atoms in total. The number of amides is 1. The van der Waals surface area contributed by atoms with Crippen LogP contribution < -0.4 is 5.32 Å². The zero-order chi connectivity index (χ0) is 15.3. The molecule has 0 aliphatic rings. The smallest absolute Gasteiger partial charge is 0.335 e. The lowest BCUT2D eigenvalue weighted by atomic mass is 9.89. The first-order chi connectivity index (χ1) is 9.40. The second-order valence-corrected chi connectivity index (χ2v) is 4.81. The lowest BCUT2D eigenvalue weighted by Gasteiger charge is -2.23. The third-order valence-corrected chi connectivity index (χ3v) is 3.42. The summed E-state index contributed by atoms with van der Waals surface area (Å²) in [5.74, 6) is -1.30. The number of benzene rings is 1. The van der Waals surface area contributed by atoms with Gasteiger partial charge in [-0.25, -0.2) is 4.79 Å². The minimum absolute atomic E-state index is 0.0200. The Kier molecular flexibility index (Phi) is 5.70. The summed E-state index contributed by atoms with van der Waals surface area (Å²) in [5, 5.41) is 22.1. The van der Waals surface area contributed by atoms with E-state index in [9.17, 15) is 14.7 Å². The summed E-state index contributed by atoms with van der Waals surface area (Å²) in [4.78, 5) is 22.3. The van der Waals surface area contributed by atoms with E-state index in [1.807, 2.05) is 13.8 Å². The predicted octanol–water partition coefficient (Wildman–Crippen LogP) is 2.81. The molecule has 1 unspecified atom stereocenters. The molecule has 110 valence electrons. The normalized spacial score (nSPS) is 12.2. The molecule has 0 heterocycles. The minimum atomic E-state index is -1.06. The first kappa shape index (κ1) is 16.2. The Hall–Kier alpha value is -1.88. The van der Waals surface area contributed by atoms with Gasteiger partial charge in [-0.1, -0.05) is 26.7 Å². The van der Waals surface area contributed by atoms with Crippen LogP contribution in [0, 0.1) is 5.92 Å². The molecule has 0 spiro atoms. The van der Waals surface area contributed by atoms with Gasteiger partial charge in [-0.05, 0) is 24.1 Å². The molecule has 1 rings (SSSR count). The van der Waals surface area contributed by atoms with Gasteiger partial charge in [0.1, 0.15) is 0 Å². The van der Waals surface area contributed by atoms with Gasteiger partial charge in [-0.3, -0.25) is 4.79 Å². The van der Waals surface area contributed by atoms with Crippen LogP contribution >= 0.6 is 0 Å². The number of carboxylic acid groups (broad SMARTS) is 1. The molecular weight excluding hydrogens is 258 g/mol. The summed E-state index contributed by atoms with van der Waals surface area (Å²) < 4.78 is 0. The first-order valence-electron chi connectivity index (χ1n) is 6.73. The molecule has 1 atom stereocenters. The maximum absolute atomic E-state index is 11.2. The highest BCUT2D eigenvalue weighted by Gasteiger charge is 2.22. The Morgan fingerprint density at radius 2 is 1.85 bits per heavy atom. The number of aromatic carboxylic acids is 1. The number of aliphatic hydroxyl groups excluding tert-OH is 1. The van der Waals surface area contributed by atoms with Crippen LogP contribution in [-0.4, -0.2) is 22.1 Å². The molecule has 0 aliphatic heterocycles. The lowest BCUT2D eigenvalue weighted by molar-refractivity contribution is -0.114. The van der Waals surface area contributed by atoms with Gasteiger partial charge in [-0.2, -0.15) is 0 Å². The zero-order valence-corrected chi connectivity index (χ0v) is 12.0. The van der Waals surface area contributed by atoms with Crippen molar-refractivity contribution in [1.82, 2.24) is 0 Å². The van der Waals surface area contributed by atoms with E-state index in [1.54, 1.807) is 0 Å². The van der Waals surface area contributed by atoms with Crippen molar-refractivity contribution in [2.45, 2.75) is 39.7 Å². The molecule has 20 heavy (non-hydrogen) atoms. The highest BCUT2D eigenvalue weighted by Crippen LogP contribution is 2.32. The van der Waals surface area contributed by atoms with Crippen LogP contribution in [0.4, 0.5) is 5.69 Å². The fourth-order valence-corrected chi connectivity index (χ4v) is 2.23. The Morgan fingerprint density at radius 3 is 2.30 bits per heavy atom. The van der Waals surface area contributed by atoms with Crippen LogP contribution in [0.25, 0.3) is 0 Å². The van der Waals surface area contributed by atoms with Gasteiger partial charge in [-0.15, -0.1) is 0 Å². The fraction of sp³-hybridized carbons (Fsp3) is 0.467. The Morgan fingerprint density at radius 1 is 1.25 bits per heavy atom. The van der Waals surface area contributed by atoms with E-state index in [2.05, 4.69) is 5.32 Å². The molecule has 1 amide bonds. The second kappa shape index (κ2) is 7.05. The minimum Gasteiger partial charge on any atom is -0.478 e. The Bertz CT molecular complexity index is 495. The number of carbonyl (C=O) groups excluding carboxylic acids is 1. The topological polar surface area (TPSA) is 86.6 Å². The van der Waals surface area contributed by atoms with Crippen LogP contribution in [0.1, 0.15) is 55.6 Å². The Balaban J connectivity index is 3.26. The van der Waals surface area contributed by atoms with Crippen molar-refractivity contribution in [1.29, 1.82) is 0 Å². The maximum Gasteiger partial charge on any atom is 0.335 e. The van der Waals surface area contributed by atoms with Gasteiger partial charge in [0, 0.05) is 18.2 Å². The summed E-state index contributed by atoms with van der Waals surface area (Å²) in [6.07, 6.45) is 0.745. The molecule has 0 aromatic heterocycles. The van der Waals surface area contributed by atoms with Crippen LogP contribution in [-0.2, 0) is 4.79 Å². The van der Waals surface area contributed by atoms with E-state index in [4.69, 9.17) is 5.11 Å². The number of aliphatic hydroxyl groups is 1. The lowest BCUT2D eigenvalue weighted by Crippen LogP contribution is -2.16. The number of hydrogen-bond donors (Lipinski definition) is 3. The van der Waals surface area contributed by atoms with Crippen molar-refractivity contribution in [2.24, 2.45) is 5.92 Å². The largest absolute Gasteiger partial charge is 0.478 e. The van der Waals surface area contributed by atoms with E-state index in [0.29, 0.717) is 11.3 Å². The van der Waals surface area contributed by atoms with Crippen LogP contribution in [0.5, 0.6) is 0 Å². The average molecular weight is 279 g/mol. The van der Waals surface area contributed by atoms with Crippen molar-refractivity contribution >= 4 is 17.6 Å². The van der Waals surface area contributed by atoms with E-state index < -0.39 is 12.1 Å². The highest BCUT2D eigenvalue weighted by molar-refractivity contribution is 5.92. The van der Waals surface area contributed by atoms with Crippen molar-refractivity contribution < 1.29 is 19.8 Å². The van der Waals surface area contributed by atoms with Gasteiger partial charge in [0.15, 0.2) is 0 Å². The quantitative estimate of drug-likeness (QED) is 0.747. The number of carboxylic acids is 1. The first-order valence-corrected chi connectivity index (χ1v) is 6.73. The van der Waals surface area contributed by atoms with E-state index in [0.717, 1.165) is 12.8 Å². The van der Waals surface area contributed by atoms with Gasteiger partial charge in [0.05, 0.1) is 11.7 Å². The van der Waals surface area contributed by atoms with E-state index in [1.165, 1.54) is 25.1 Å². The number of rotatable bonds is 6. The predicted molar refractivity (Wildman–Crippen MR) is 76.7 cm³/mol. The second-order valence-electron chi connectivity index (χ2n) is 4.81. The summed E-state index contributed by atoms with van der Waals surface area (Å²) in [5.41, 5.74) is 1.01. The number of nitrogens with one attached hydrogen (secondary N) is 1. The van der Waals surface area contributed by atoms with Crippen molar-refractivity contribution in [3.8, 4) is 0 Å². The van der Waals surface area contributed by atoms with Gasteiger partial charge in [0.2, 0.25) is 5.91 Å². The average Bonchev–Trinajstić information content (AvgIpc) is 2.39. The van der Waals surface area contributed by atoms with Crippen molar-refractivity contribution in [3.63, 3.8) is 0 Å². The summed E-state index contributed by atoms with van der Waals surface area (Å²) in [6.45, 7) is 5.31. The number of anilines is 1. The SMILES string of the molecule is CCC(CC)C(O)c1cc(C(=O)O)ccc1NC(C)=O. The molecule has 0 saturated heterocycles. The van der Waals surface area contributed by atoms with Gasteiger partial charge >= 0.3 is 5.97 Å². The standard InChI is InChI=1S/C15H21NO4/c1-4-10(5-2)14(18)12-8-11(15(19)20)6-7-13(12)16-9(3)17/h6-8,10,14,18H,4-5H2,1-3H3,(H,16,17)(H,19,20). The molecule has 0 bridgehead atoms. The van der Waals surface area contributed by atoms with Crippen LogP contribution in [0.15, 0.2) is 18.2 Å². The molecule has 0 radical (unpaired) electrons. The summed E-state index contributed by atoms with van der Waals surface area (Å²) in [6, 6.07) is 4.36. The third-order valence-electron chi connectivity index (χ3n) is 3.42. The van der Waals surface area contributed by atoms with Gasteiger partial charge < -0.3 is 15.5 Å². The Labute approximate surface area is 118 Å². The van der Waals surface area contributed by atoms with Crippen molar-refractivity contribution in [2.75, 3.05) is 5.32 Å². The molecule has 0 aliphatic carbocycles.